The summed E-state index contributed by atoms with van der Waals surface area (Å²) in [6.45, 7) is 2.58. The molecule has 0 radical (unpaired) electrons. The first-order valence-corrected chi connectivity index (χ1v) is 9.88. The molecule has 0 aromatic heterocycles. The number of rotatable bonds is 4. The van der Waals surface area contributed by atoms with Gasteiger partial charge in [-0.25, -0.2) is 4.79 Å². The van der Waals surface area contributed by atoms with Gasteiger partial charge in [0.15, 0.2) is 5.78 Å². The number of carbonyl (C=O) groups excluding carboxylic acids is 2. The molecule has 0 amide bonds. The molecule has 1 aromatic carbocycles. The van der Waals surface area contributed by atoms with Crippen molar-refractivity contribution >= 4 is 17.8 Å². The number of fused-ring (bicyclic) bond motifs is 1. The lowest BCUT2D eigenvalue weighted by atomic mass is 9.99. The van der Waals surface area contributed by atoms with Crippen LogP contribution < -0.4 is 4.74 Å². The largest absolute Gasteiger partial charge is 0.507 e. The predicted octanol–water partition coefficient (Wildman–Crippen LogP) is 0.570. The summed E-state index contributed by atoms with van der Waals surface area (Å²) < 4.78 is 10.8. The number of cyclic esters (lactones) is 1. The molecule has 1 heterocycles. The number of aliphatic hydroxyl groups is 4. The van der Waals surface area contributed by atoms with Gasteiger partial charge in [0.25, 0.3) is 0 Å². The molecular weight excluding hydrogens is 408 g/mol. The van der Waals surface area contributed by atoms with E-state index < -0.39 is 48.5 Å². The van der Waals surface area contributed by atoms with Crippen molar-refractivity contribution in [3.8, 4) is 11.5 Å². The van der Waals surface area contributed by atoms with Crippen molar-refractivity contribution in [2.24, 2.45) is 5.92 Å². The number of phenolic OH excluding ortho intramolecular Hbond substituents is 1. The molecule has 0 saturated carbocycles. The van der Waals surface area contributed by atoms with Gasteiger partial charge >= 0.3 is 5.97 Å². The zero-order chi connectivity index (χ0) is 23.1. The lowest BCUT2D eigenvalue weighted by Crippen LogP contribution is -2.32. The van der Waals surface area contributed by atoms with Gasteiger partial charge in [-0.2, -0.15) is 0 Å². The maximum atomic E-state index is 12.7. The van der Waals surface area contributed by atoms with Crippen molar-refractivity contribution in [1.29, 1.82) is 0 Å². The van der Waals surface area contributed by atoms with E-state index >= 15 is 0 Å². The van der Waals surface area contributed by atoms with Gasteiger partial charge in [0, 0.05) is 12.0 Å². The number of benzene rings is 1. The van der Waals surface area contributed by atoms with E-state index in [2.05, 4.69) is 0 Å². The Morgan fingerprint density at radius 3 is 2.58 bits per heavy atom. The van der Waals surface area contributed by atoms with Crippen LogP contribution in [0.25, 0.3) is 6.08 Å². The second kappa shape index (κ2) is 11.1. The smallest absolute Gasteiger partial charge is 0.342 e. The standard InChI is InChI=1S/C22H28O9/c1-12-6-7-18(26)21(28)17(25)5-3-4-14-8-16(30-11-15(24)10-23)9-19(27)20(14)22(29)31-13(12)2/h3-4,6-9,12-13,15,17,21,23-25,27-28H,5,10-11H2,1-2H3/b4-3+,7-6-/t12-,13+,15-,17+,21+/m1/s1. The van der Waals surface area contributed by atoms with Crippen molar-refractivity contribution in [1.82, 2.24) is 0 Å². The molecule has 5 N–H and O–H groups in total. The Morgan fingerprint density at radius 2 is 1.90 bits per heavy atom. The highest BCUT2D eigenvalue weighted by Gasteiger charge is 2.25. The summed E-state index contributed by atoms with van der Waals surface area (Å²) in [6, 6.07) is 2.61. The van der Waals surface area contributed by atoms with Crippen LogP contribution in [0.1, 0.15) is 36.2 Å². The van der Waals surface area contributed by atoms with Gasteiger partial charge in [-0.15, -0.1) is 0 Å². The van der Waals surface area contributed by atoms with Crippen molar-refractivity contribution in [3.05, 3.63) is 41.5 Å². The van der Waals surface area contributed by atoms with E-state index in [1.165, 1.54) is 30.4 Å². The Hall–Kier alpha value is -2.72. The third kappa shape index (κ3) is 6.63. The molecule has 1 aliphatic rings. The van der Waals surface area contributed by atoms with Crippen LogP contribution in [-0.2, 0) is 9.53 Å². The highest BCUT2D eigenvalue weighted by molar-refractivity contribution is 5.97. The van der Waals surface area contributed by atoms with E-state index in [-0.39, 0.29) is 35.8 Å². The summed E-state index contributed by atoms with van der Waals surface area (Å²) in [4.78, 5) is 24.8. The van der Waals surface area contributed by atoms with Gasteiger partial charge in [0.2, 0.25) is 0 Å². The Balaban J connectivity index is 2.44. The second-order valence-electron chi connectivity index (χ2n) is 7.44. The molecule has 170 valence electrons. The molecule has 0 saturated heterocycles. The molecule has 0 bridgehead atoms. The maximum absolute atomic E-state index is 12.7. The normalized spacial score (nSPS) is 28.1. The fourth-order valence-electron chi connectivity index (χ4n) is 2.79. The zero-order valence-electron chi connectivity index (χ0n) is 17.3. The maximum Gasteiger partial charge on any atom is 0.342 e. The number of aromatic hydroxyl groups is 1. The number of carbonyl (C=O) groups is 2. The molecule has 9 nitrogen and oxygen atoms in total. The third-order valence-electron chi connectivity index (χ3n) is 4.91. The molecule has 0 fully saturated rings. The van der Waals surface area contributed by atoms with Crippen LogP contribution >= 0.6 is 0 Å². The van der Waals surface area contributed by atoms with Crippen molar-refractivity contribution in [2.75, 3.05) is 13.2 Å². The molecular formula is C22H28O9. The van der Waals surface area contributed by atoms with Gasteiger partial charge in [0.1, 0.15) is 42.0 Å². The van der Waals surface area contributed by atoms with E-state index in [9.17, 15) is 30.0 Å². The topological polar surface area (TPSA) is 154 Å². The monoisotopic (exact) mass is 436 g/mol. The first kappa shape index (κ1) is 24.5. The van der Waals surface area contributed by atoms with E-state index in [1.54, 1.807) is 13.8 Å². The van der Waals surface area contributed by atoms with Gasteiger partial charge in [-0.1, -0.05) is 25.2 Å². The van der Waals surface area contributed by atoms with Crippen LogP contribution in [0.4, 0.5) is 0 Å². The number of aliphatic hydroxyl groups excluding tert-OH is 4. The van der Waals surface area contributed by atoms with Crippen LogP contribution in [0.5, 0.6) is 11.5 Å². The van der Waals surface area contributed by atoms with Crippen LogP contribution in [0.15, 0.2) is 30.4 Å². The Morgan fingerprint density at radius 1 is 1.19 bits per heavy atom. The Bertz CT molecular complexity index is 846. The molecule has 0 aliphatic carbocycles. The average molecular weight is 436 g/mol. The summed E-state index contributed by atoms with van der Waals surface area (Å²) in [6.07, 6.45) is 0.604. The van der Waals surface area contributed by atoms with E-state index in [0.29, 0.717) is 0 Å². The van der Waals surface area contributed by atoms with E-state index in [4.69, 9.17) is 14.6 Å². The first-order chi connectivity index (χ1) is 14.6. The molecule has 2 rings (SSSR count). The third-order valence-corrected chi connectivity index (χ3v) is 4.91. The second-order valence-corrected chi connectivity index (χ2v) is 7.44. The number of hydrogen-bond donors (Lipinski definition) is 5. The lowest BCUT2D eigenvalue weighted by Gasteiger charge is -2.20. The highest BCUT2D eigenvalue weighted by Crippen LogP contribution is 2.31. The molecule has 1 aliphatic heterocycles. The molecule has 0 spiro atoms. The minimum Gasteiger partial charge on any atom is -0.507 e. The molecule has 1 aromatic rings. The zero-order valence-corrected chi connectivity index (χ0v) is 17.3. The van der Waals surface area contributed by atoms with E-state index in [0.717, 1.165) is 6.08 Å². The number of hydrogen-bond acceptors (Lipinski definition) is 9. The predicted molar refractivity (Wildman–Crippen MR) is 111 cm³/mol. The van der Waals surface area contributed by atoms with E-state index in [1.807, 2.05) is 0 Å². The number of esters is 1. The minimum atomic E-state index is -1.61. The summed E-state index contributed by atoms with van der Waals surface area (Å²) >= 11 is 0. The first-order valence-electron chi connectivity index (χ1n) is 9.88. The SMILES string of the molecule is C[C@@H]1/C=C\C(=O)[C@@H](O)[C@@H](O)C/C=C/c2cc(OC[C@H](O)CO)cc(O)c2C(=O)O[C@H]1C. The number of ether oxygens (including phenoxy) is 2. The fourth-order valence-corrected chi connectivity index (χ4v) is 2.79. The van der Waals surface area contributed by atoms with Crippen molar-refractivity contribution in [3.63, 3.8) is 0 Å². The van der Waals surface area contributed by atoms with Gasteiger partial charge in [-0.3, -0.25) is 4.79 Å². The Labute approximate surface area is 179 Å². The van der Waals surface area contributed by atoms with Gasteiger partial charge in [-0.05, 0) is 31.1 Å². The summed E-state index contributed by atoms with van der Waals surface area (Å²) in [5.74, 6) is -2.14. The Kier molecular flexibility index (Phi) is 8.76. The molecule has 0 unspecified atom stereocenters. The average Bonchev–Trinajstić information content (AvgIpc) is 2.73. The van der Waals surface area contributed by atoms with Crippen LogP contribution in [-0.4, -0.2) is 74.9 Å². The molecule has 31 heavy (non-hydrogen) atoms. The lowest BCUT2D eigenvalue weighted by molar-refractivity contribution is -0.127. The molecule has 5 atom stereocenters. The summed E-state index contributed by atoms with van der Waals surface area (Å²) in [5.41, 5.74) is 0.0801. The molecule has 9 heteroatoms. The van der Waals surface area contributed by atoms with Crippen LogP contribution in [0.3, 0.4) is 0 Å². The van der Waals surface area contributed by atoms with Crippen molar-refractivity contribution < 1.29 is 44.6 Å². The van der Waals surface area contributed by atoms with Crippen LogP contribution in [0, 0.1) is 5.92 Å². The minimum absolute atomic E-state index is 0.101. The van der Waals surface area contributed by atoms with Crippen LogP contribution in [0.2, 0.25) is 0 Å². The van der Waals surface area contributed by atoms with Crippen molar-refractivity contribution in [2.45, 2.75) is 44.7 Å². The highest BCUT2D eigenvalue weighted by atomic mass is 16.5. The fraction of sp³-hybridized carbons (Fsp3) is 0.455. The number of phenols is 1. The van der Waals surface area contributed by atoms with Gasteiger partial charge in [0.05, 0.1) is 12.7 Å². The van der Waals surface area contributed by atoms with Gasteiger partial charge < -0.3 is 35.0 Å². The number of ketones is 1. The summed E-state index contributed by atoms with van der Waals surface area (Å²) in [7, 11) is 0. The summed E-state index contributed by atoms with van der Waals surface area (Å²) in [5, 5.41) is 48.9. The quantitative estimate of drug-likeness (QED) is 0.426.